The number of amides is 1. The number of hydrogen-bond acceptors (Lipinski definition) is 8. The van der Waals surface area contributed by atoms with Crippen molar-refractivity contribution < 1.29 is 34.4 Å². The first-order valence-electron chi connectivity index (χ1n) is 15.2. The lowest BCUT2D eigenvalue weighted by Crippen LogP contribution is -2.51. The van der Waals surface area contributed by atoms with Crippen LogP contribution in [0.1, 0.15) is 83.8 Å². The van der Waals surface area contributed by atoms with Crippen molar-refractivity contribution >= 4 is 29.1 Å². The van der Waals surface area contributed by atoms with Gasteiger partial charge in [-0.1, -0.05) is 36.7 Å². The highest BCUT2D eigenvalue weighted by Crippen LogP contribution is 2.66. The molecule has 0 bridgehead atoms. The second-order valence-electron chi connectivity index (χ2n) is 13.3. The first-order chi connectivity index (χ1) is 20.3. The molecule has 0 spiro atoms. The Morgan fingerprint density at radius 1 is 1.14 bits per heavy atom. The van der Waals surface area contributed by atoms with Crippen molar-refractivity contribution in [2.45, 2.75) is 84.3 Å². The molecule has 11 nitrogen and oxygen atoms in total. The Balaban J connectivity index is 1.20. The zero-order valence-electron chi connectivity index (χ0n) is 25.0. The summed E-state index contributed by atoms with van der Waals surface area (Å²) in [4.78, 5) is 52.4. The number of nitrogens with one attached hydrogen (secondary N) is 1. The minimum Gasteiger partial charge on any atom is -0.480 e. The van der Waals surface area contributed by atoms with Crippen molar-refractivity contribution in [2.75, 3.05) is 6.61 Å². The van der Waals surface area contributed by atoms with E-state index in [1.165, 1.54) is 23.8 Å². The molecule has 5 rings (SSSR count). The van der Waals surface area contributed by atoms with Crippen LogP contribution in [0, 0.1) is 44.6 Å². The molecule has 0 saturated heterocycles. The van der Waals surface area contributed by atoms with Crippen LogP contribution in [0.4, 0.5) is 5.69 Å². The number of nitro benzene ring substituents is 1. The Labute approximate surface area is 250 Å². The molecule has 4 aliphatic carbocycles. The average molecular weight is 596 g/mol. The number of rotatable bonds is 9. The first kappa shape index (κ1) is 30.8. The third kappa shape index (κ3) is 5.71. The van der Waals surface area contributed by atoms with Crippen molar-refractivity contribution in [3.05, 3.63) is 51.6 Å². The maximum Gasteiger partial charge on any atom is 0.329 e. The van der Waals surface area contributed by atoms with Gasteiger partial charge in [-0.25, -0.2) is 4.79 Å². The second-order valence-corrected chi connectivity index (χ2v) is 13.3. The number of non-ortho nitro benzene ring substituents is 1. The zero-order valence-corrected chi connectivity index (χ0v) is 25.0. The van der Waals surface area contributed by atoms with Gasteiger partial charge in [-0.15, -0.1) is 0 Å². The largest absolute Gasteiger partial charge is 0.480 e. The zero-order chi connectivity index (χ0) is 31.1. The molecule has 3 fully saturated rings. The van der Waals surface area contributed by atoms with Crippen LogP contribution in [0.3, 0.4) is 0 Å². The molecule has 0 aliphatic heterocycles. The van der Waals surface area contributed by atoms with Crippen LogP contribution in [-0.4, -0.2) is 51.2 Å². The number of carboxylic acid groups (broad SMARTS) is 1. The summed E-state index contributed by atoms with van der Waals surface area (Å²) >= 11 is 0. The number of nitro groups is 1. The molecule has 3 saturated carbocycles. The second kappa shape index (κ2) is 11.8. The van der Waals surface area contributed by atoms with Crippen molar-refractivity contribution in [1.29, 1.82) is 0 Å². The van der Waals surface area contributed by atoms with Crippen LogP contribution in [0.15, 0.2) is 41.1 Å². The summed E-state index contributed by atoms with van der Waals surface area (Å²) in [6, 6.07) is 3.23. The lowest BCUT2D eigenvalue weighted by molar-refractivity contribution is -0.385. The number of hydrogen-bond donors (Lipinski definition) is 3. The maximum absolute atomic E-state index is 12.5. The standard InChI is InChI=1S/C32H41N3O8/c1-18(36)24-9-10-25-23-8-7-20-16-21(11-13-31(20,2)26(23)12-14-32(24,25)3)34-43-17-27(37)33-28(30(39)40)29(38)19-5-4-6-22(15-19)35(41)42/h4-6,15-16,23-26,28-29,38H,7-14,17H2,1-3H3,(H,33,37)(H,39,40). The predicted molar refractivity (Wildman–Crippen MR) is 157 cm³/mol. The van der Waals surface area contributed by atoms with Gasteiger partial charge in [-0.05, 0) is 98.5 Å². The van der Waals surface area contributed by atoms with Crippen LogP contribution in [0.5, 0.6) is 0 Å². The number of nitrogens with zero attached hydrogens (tertiary/aromatic N) is 2. The van der Waals surface area contributed by atoms with Gasteiger partial charge in [0.05, 0.1) is 10.6 Å². The Morgan fingerprint density at radius 2 is 1.91 bits per heavy atom. The van der Waals surface area contributed by atoms with Gasteiger partial charge in [-0.3, -0.25) is 19.7 Å². The molecule has 0 aromatic heterocycles. The van der Waals surface area contributed by atoms with Gasteiger partial charge in [0.1, 0.15) is 11.9 Å². The molecule has 11 heteroatoms. The molecule has 1 aromatic rings. The fourth-order valence-electron chi connectivity index (χ4n) is 8.99. The van der Waals surface area contributed by atoms with Crippen LogP contribution < -0.4 is 5.32 Å². The van der Waals surface area contributed by atoms with Gasteiger partial charge in [0.25, 0.3) is 11.6 Å². The van der Waals surface area contributed by atoms with E-state index in [0.717, 1.165) is 56.7 Å². The van der Waals surface area contributed by atoms with E-state index in [1.807, 2.05) is 0 Å². The third-order valence-corrected chi connectivity index (χ3v) is 11.2. The smallest absolute Gasteiger partial charge is 0.329 e. The van der Waals surface area contributed by atoms with Gasteiger partial charge in [0.2, 0.25) is 0 Å². The molecule has 232 valence electrons. The molecule has 4 aliphatic rings. The van der Waals surface area contributed by atoms with Crippen LogP contribution in [-0.2, 0) is 19.2 Å². The number of allylic oxidation sites excluding steroid dienone is 2. The van der Waals surface area contributed by atoms with Gasteiger partial charge in [0, 0.05) is 18.1 Å². The average Bonchev–Trinajstić information content (AvgIpc) is 3.33. The van der Waals surface area contributed by atoms with E-state index in [1.54, 1.807) is 6.92 Å². The van der Waals surface area contributed by atoms with Crippen molar-refractivity contribution in [3.63, 3.8) is 0 Å². The highest BCUT2D eigenvalue weighted by atomic mass is 16.6. The molecule has 0 heterocycles. The SMILES string of the molecule is CC(=O)C1CCC2C3CCC4=CC(=NOCC(=O)NC(C(=O)O)C(O)c5cccc([N+](=O)[O-])c5)CCC4(C)C3CCC12C. The fraction of sp³-hybridized carbons (Fsp3) is 0.625. The lowest BCUT2D eigenvalue weighted by Gasteiger charge is -2.58. The number of carbonyl (C=O) groups is 3. The number of ketones is 1. The summed E-state index contributed by atoms with van der Waals surface area (Å²) in [5, 5.41) is 37.6. The summed E-state index contributed by atoms with van der Waals surface area (Å²) in [7, 11) is 0. The first-order valence-corrected chi connectivity index (χ1v) is 15.2. The van der Waals surface area contributed by atoms with E-state index < -0.39 is 35.6 Å². The molecule has 3 N–H and O–H groups in total. The molecular weight excluding hydrogens is 554 g/mol. The summed E-state index contributed by atoms with van der Waals surface area (Å²) in [5.41, 5.74) is 1.98. The molecule has 1 amide bonds. The van der Waals surface area contributed by atoms with Crippen LogP contribution in [0.25, 0.3) is 0 Å². The summed E-state index contributed by atoms with van der Waals surface area (Å²) in [6.07, 6.45) is 8.50. The van der Waals surface area contributed by atoms with Crippen LogP contribution >= 0.6 is 0 Å². The number of fused-ring (bicyclic) bond motifs is 5. The number of benzene rings is 1. The normalized spacial score (nSPS) is 33.7. The fourth-order valence-corrected chi connectivity index (χ4v) is 8.99. The third-order valence-electron chi connectivity index (χ3n) is 11.2. The van der Waals surface area contributed by atoms with Crippen molar-refractivity contribution in [2.24, 2.45) is 39.7 Å². The minimum atomic E-state index is -1.73. The van der Waals surface area contributed by atoms with E-state index >= 15 is 0 Å². The molecule has 1 aromatic carbocycles. The molecule has 8 unspecified atom stereocenters. The number of carbonyl (C=O) groups excluding carboxylic acids is 2. The summed E-state index contributed by atoms with van der Waals surface area (Å²) in [5.74, 6) is 0.0504. The highest BCUT2D eigenvalue weighted by molar-refractivity contribution is 5.96. The lowest BCUT2D eigenvalue weighted by atomic mass is 9.46. The molecule has 8 atom stereocenters. The van der Waals surface area contributed by atoms with E-state index in [4.69, 9.17) is 4.84 Å². The maximum atomic E-state index is 12.5. The Bertz CT molecular complexity index is 1370. The molecule has 0 radical (unpaired) electrons. The van der Waals surface area contributed by atoms with E-state index in [2.05, 4.69) is 30.4 Å². The number of aliphatic carboxylic acids is 1. The quantitative estimate of drug-likeness (QED) is 0.272. The number of oxime groups is 1. The Morgan fingerprint density at radius 3 is 2.60 bits per heavy atom. The number of Topliss-reactive ketones (excluding diaryl/α,β-unsaturated/α-hetero) is 1. The van der Waals surface area contributed by atoms with E-state index in [0.29, 0.717) is 30.0 Å². The van der Waals surface area contributed by atoms with Crippen molar-refractivity contribution in [1.82, 2.24) is 5.32 Å². The minimum absolute atomic E-state index is 0.0103. The predicted octanol–water partition coefficient (Wildman–Crippen LogP) is 4.74. The van der Waals surface area contributed by atoms with Crippen molar-refractivity contribution in [3.8, 4) is 0 Å². The topological polar surface area (TPSA) is 168 Å². The summed E-state index contributed by atoms with van der Waals surface area (Å²) in [6.45, 7) is 5.94. The molecule has 43 heavy (non-hydrogen) atoms. The van der Waals surface area contributed by atoms with Gasteiger partial charge in [0.15, 0.2) is 12.6 Å². The van der Waals surface area contributed by atoms with E-state index in [-0.39, 0.29) is 28.0 Å². The van der Waals surface area contributed by atoms with Crippen LogP contribution in [0.2, 0.25) is 0 Å². The van der Waals surface area contributed by atoms with Gasteiger partial charge < -0.3 is 20.4 Å². The number of aliphatic hydroxyl groups excluding tert-OH is 1. The molecular formula is C32H41N3O8. The highest BCUT2D eigenvalue weighted by Gasteiger charge is 2.59. The van der Waals surface area contributed by atoms with Gasteiger partial charge in [-0.2, -0.15) is 0 Å². The summed E-state index contributed by atoms with van der Waals surface area (Å²) < 4.78 is 0. The monoisotopic (exact) mass is 595 g/mol. The Kier molecular flexibility index (Phi) is 8.48. The van der Waals surface area contributed by atoms with Gasteiger partial charge >= 0.3 is 5.97 Å². The Hall–Kier alpha value is -3.60. The number of carboxylic acids is 1. The number of aliphatic hydroxyl groups is 1. The van der Waals surface area contributed by atoms with E-state index in [9.17, 15) is 34.7 Å².